The first kappa shape index (κ1) is 19.1. The third-order valence-corrected chi connectivity index (χ3v) is 4.13. The Morgan fingerprint density at radius 3 is 2.19 bits per heavy atom. The van der Waals surface area contributed by atoms with Gasteiger partial charge in [0.25, 0.3) is 0 Å². The topological polar surface area (TPSA) is 162 Å². The van der Waals surface area contributed by atoms with Gasteiger partial charge in [-0.1, -0.05) is 12.1 Å². The Labute approximate surface area is 153 Å². The highest BCUT2D eigenvalue weighted by atomic mass is 16.7. The Kier molecular flexibility index (Phi) is 5.63. The van der Waals surface area contributed by atoms with Crippen LogP contribution in [-0.2, 0) is 4.74 Å². The maximum Gasteiger partial charge on any atom is 0.373 e. The molecule has 2 aromatic rings. The van der Waals surface area contributed by atoms with Crippen molar-refractivity contribution in [1.82, 2.24) is 9.97 Å². The highest BCUT2D eigenvalue weighted by molar-refractivity contribution is 5.83. The van der Waals surface area contributed by atoms with Crippen molar-refractivity contribution in [1.29, 1.82) is 0 Å². The molecule has 0 amide bonds. The first-order chi connectivity index (χ1) is 12.9. The summed E-state index contributed by atoms with van der Waals surface area (Å²) in [6.45, 7) is -0.546. The van der Waals surface area contributed by atoms with Crippen LogP contribution in [-0.4, -0.2) is 78.8 Å². The highest BCUT2D eigenvalue weighted by Crippen LogP contribution is 2.26. The molecule has 1 saturated heterocycles. The second-order valence-electron chi connectivity index (χ2n) is 5.94. The molecule has 1 aromatic heterocycles. The summed E-state index contributed by atoms with van der Waals surface area (Å²) in [6.07, 6.45) is -4.05. The smallest absolute Gasteiger partial charge is 0.373 e. The van der Waals surface area contributed by atoms with E-state index in [4.69, 9.17) is 14.6 Å². The van der Waals surface area contributed by atoms with Gasteiger partial charge in [-0.05, 0) is 17.7 Å². The standard InChI is InChI=1S/C17H18N2O8/c20-7-11-12(21)13(22)14(23)17(27-11)26-10-3-1-8(2-4-10)9-5-18-15(16(24)25)19-6-9/h1-6,11-14,17,20-23H,7H2,(H,24,25)/t11-,12-,13+,14+,17-/m1/s1. The van der Waals surface area contributed by atoms with Crippen molar-refractivity contribution in [2.75, 3.05) is 6.61 Å². The number of hydrogen-bond acceptors (Lipinski definition) is 9. The Morgan fingerprint density at radius 2 is 1.63 bits per heavy atom. The fourth-order valence-electron chi connectivity index (χ4n) is 2.61. The van der Waals surface area contributed by atoms with E-state index in [1.165, 1.54) is 12.4 Å². The third-order valence-electron chi connectivity index (χ3n) is 4.13. The van der Waals surface area contributed by atoms with E-state index in [9.17, 15) is 25.2 Å². The first-order valence-corrected chi connectivity index (χ1v) is 8.03. The zero-order valence-electron chi connectivity index (χ0n) is 13.9. The molecule has 10 nitrogen and oxygen atoms in total. The molecular formula is C17H18N2O8. The maximum absolute atomic E-state index is 10.8. The van der Waals surface area contributed by atoms with Gasteiger partial charge in [0.05, 0.1) is 6.61 Å². The van der Waals surface area contributed by atoms with Crippen LogP contribution in [0.2, 0.25) is 0 Å². The van der Waals surface area contributed by atoms with Crippen molar-refractivity contribution in [2.24, 2.45) is 0 Å². The van der Waals surface area contributed by atoms with Gasteiger partial charge in [0.1, 0.15) is 30.2 Å². The summed E-state index contributed by atoms with van der Waals surface area (Å²) < 4.78 is 10.8. The number of rotatable bonds is 5. The van der Waals surface area contributed by atoms with Gasteiger partial charge < -0.3 is 35.0 Å². The lowest BCUT2D eigenvalue weighted by Gasteiger charge is -2.39. The second-order valence-corrected chi connectivity index (χ2v) is 5.94. The summed E-state index contributed by atoms with van der Waals surface area (Å²) in [7, 11) is 0. The van der Waals surface area contributed by atoms with Crippen LogP contribution >= 0.6 is 0 Å². The van der Waals surface area contributed by atoms with Gasteiger partial charge in [-0.15, -0.1) is 0 Å². The van der Waals surface area contributed by atoms with Crippen LogP contribution in [0.4, 0.5) is 0 Å². The second kappa shape index (κ2) is 7.94. The van der Waals surface area contributed by atoms with E-state index in [0.29, 0.717) is 16.9 Å². The molecule has 0 spiro atoms. The number of aromatic nitrogens is 2. The molecule has 5 atom stereocenters. The molecule has 1 fully saturated rings. The molecule has 27 heavy (non-hydrogen) atoms. The van der Waals surface area contributed by atoms with Crippen LogP contribution in [0.15, 0.2) is 36.7 Å². The number of carboxylic acid groups (broad SMARTS) is 1. The Morgan fingerprint density at radius 1 is 1.00 bits per heavy atom. The Balaban J connectivity index is 1.71. The molecule has 144 valence electrons. The molecule has 0 aliphatic carbocycles. The number of nitrogens with zero attached hydrogens (tertiary/aromatic N) is 2. The molecule has 3 rings (SSSR count). The zero-order valence-corrected chi connectivity index (χ0v) is 13.9. The fourth-order valence-corrected chi connectivity index (χ4v) is 2.61. The molecule has 1 aliphatic rings. The number of carbonyl (C=O) groups is 1. The summed E-state index contributed by atoms with van der Waals surface area (Å²) in [5.41, 5.74) is 1.30. The van der Waals surface area contributed by atoms with Crippen molar-refractivity contribution in [3.63, 3.8) is 0 Å². The lowest BCUT2D eigenvalue weighted by atomic mass is 9.99. The number of benzene rings is 1. The van der Waals surface area contributed by atoms with E-state index in [1.54, 1.807) is 24.3 Å². The largest absolute Gasteiger partial charge is 0.475 e. The van der Waals surface area contributed by atoms with Gasteiger partial charge in [0, 0.05) is 18.0 Å². The minimum atomic E-state index is -1.52. The molecule has 1 aromatic carbocycles. The lowest BCUT2D eigenvalue weighted by molar-refractivity contribution is -0.277. The summed E-state index contributed by atoms with van der Waals surface area (Å²) in [6, 6.07) is 6.47. The van der Waals surface area contributed by atoms with Crippen LogP contribution in [0.5, 0.6) is 5.75 Å². The average Bonchev–Trinajstić information content (AvgIpc) is 2.69. The molecule has 0 unspecified atom stereocenters. The fraction of sp³-hybridized carbons (Fsp3) is 0.353. The van der Waals surface area contributed by atoms with E-state index < -0.39 is 43.3 Å². The number of aliphatic hydroxyl groups excluding tert-OH is 4. The van der Waals surface area contributed by atoms with Crippen LogP contribution in [0.25, 0.3) is 11.1 Å². The summed E-state index contributed by atoms with van der Waals surface area (Å²) in [5, 5.41) is 47.5. The van der Waals surface area contributed by atoms with Crippen LogP contribution in [0.1, 0.15) is 10.6 Å². The number of aliphatic hydroxyl groups is 4. The predicted octanol–water partition coefficient (Wildman–Crippen LogP) is -0.980. The predicted molar refractivity (Wildman–Crippen MR) is 88.8 cm³/mol. The number of aromatic carboxylic acids is 1. The molecule has 0 bridgehead atoms. The molecule has 2 heterocycles. The molecule has 0 radical (unpaired) electrons. The SMILES string of the molecule is O=C(O)c1ncc(-c2ccc(O[C@@H]3O[C@H](CO)[C@@H](O)[C@H](O)[C@@H]3O)cc2)cn1. The van der Waals surface area contributed by atoms with Gasteiger partial charge in [-0.3, -0.25) is 0 Å². The van der Waals surface area contributed by atoms with E-state index in [2.05, 4.69) is 9.97 Å². The average molecular weight is 378 g/mol. The molecular weight excluding hydrogens is 360 g/mol. The van der Waals surface area contributed by atoms with Gasteiger partial charge in [0.2, 0.25) is 12.1 Å². The van der Waals surface area contributed by atoms with Crippen molar-refractivity contribution in [2.45, 2.75) is 30.7 Å². The first-order valence-electron chi connectivity index (χ1n) is 8.03. The normalized spacial score (nSPS) is 27.9. The molecule has 0 saturated carbocycles. The molecule has 5 N–H and O–H groups in total. The molecule has 1 aliphatic heterocycles. The third kappa shape index (κ3) is 4.04. The van der Waals surface area contributed by atoms with Crippen molar-refractivity contribution in [3.8, 4) is 16.9 Å². The van der Waals surface area contributed by atoms with E-state index >= 15 is 0 Å². The van der Waals surface area contributed by atoms with Crippen molar-refractivity contribution >= 4 is 5.97 Å². The van der Waals surface area contributed by atoms with Crippen molar-refractivity contribution < 1.29 is 39.8 Å². The summed E-state index contributed by atoms with van der Waals surface area (Å²) in [4.78, 5) is 18.3. The van der Waals surface area contributed by atoms with Gasteiger partial charge in [0.15, 0.2) is 0 Å². The zero-order chi connectivity index (χ0) is 19.6. The number of ether oxygens (including phenoxy) is 2. The minimum Gasteiger partial charge on any atom is -0.475 e. The monoisotopic (exact) mass is 378 g/mol. The van der Waals surface area contributed by atoms with Gasteiger partial charge in [-0.25, -0.2) is 14.8 Å². The van der Waals surface area contributed by atoms with Crippen molar-refractivity contribution in [3.05, 3.63) is 42.5 Å². The Hall–Kier alpha value is -2.63. The maximum atomic E-state index is 10.8. The lowest BCUT2D eigenvalue weighted by Crippen LogP contribution is -2.60. The Bertz CT molecular complexity index is 781. The molecule has 10 heteroatoms. The van der Waals surface area contributed by atoms with Crippen LogP contribution < -0.4 is 4.74 Å². The van der Waals surface area contributed by atoms with Crippen LogP contribution in [0.3, 0.4) is 0 Å². The van der Waals surface area contributed by atoms with E-state index in [-0.39, 0.29) is 5.82 Å². The summed E-state index contributed by atoms with van der Waals surface area (Å²) >= 11 is 0. The van der Waals surface area contributed by atoms with Gasteiger partial charge >= 0.3 is 5.97 Å². The van der Waals surface area contributed by atoms with Gasteiger partial charge in [-0.2, -0.15) is 0 Å². The number of hydrogen-bond donors (Lipinski definition) is 5. The number of carboxylic acids is 1. The van der Waals surface area contributed by atoms with Crippen LogP contribution in [0, 0.1) is 0 Å². The highest BCUT2D eigenvalue weighted by Gasteiger charge is 2.44. The quantitative estimate of drug-likeness (QED) is 0.437. The van der Waals surface area contributed by atoms with E-state index in [1.807, 2.05) is 0 Å². The summed E-state index contributed by atoms with van der Waals surface area (Å²) in [5.74, 6) is -1.21. The van der Waals surface area contributed by atoms with E-state index in [0.717, 1.165) is 0 Å². The minimum absolute atomic E-state index is 0.304.